The van der Waals surface area contributed by atoms with Crippen molar-refractivity contribution < 1.29 is 14.9 Å². The summed E-state index contributed by atoms with van der Waals surface area (Å²) in [6, 6.07) is 21.2. The number of aromatic amines is 1. The van der Waals surface area contributed by atoms with Gasteiger partial charge in [-0.05, 0) is 48.4 Å². The Morgan fingerprint density at radius 2 is 1.63 bits per heavy atom. The van der Waals surface area contributed by atoms with Crippen molar-refractivity contribution in [3.8, 4) is 11.5 Å². The molecule has 0 fully saturated rings. The summed E-state index contributed by atoms with van der Waals surface area (Å²) in [7, 11) is 0. The molecule has 30 heavy (non-hydrogen) atoms. The number of hydrogen-bond donors (Lipinski definition) is 3. The number of benzene rings is 3. The first kappa shape index (κ1) is 20.1. The summed E-state index contributed by atoms with van der Waals surface area (Å²) in [5, 5.41) is 22.4. The minimum Gasteiger partial charge on any atom is -0.508 e. The van der Waals surface area contributed by atoms with Crippen molar-refractivity contribution in [3.63, 3.8) is 0 Å². The molecule has 0 amide bonds. The highest BCUT2D eigenvalue weighted by atomic mass is 16.5. The van der Waals surface area contributed by atoms with Gasteiger partial charge in [0.2, 0.25) is 0 Å². The fourth-order valence-corrected chi connectivity index (χ4v) is 3.87. The normalized spacial score (nSPS) is 12.5. The van der Waals surface area contributed by atoms with E-state index < -0.39 is 6.10 Å². The lowest BCUT2D eigenvalue weighted by Gasteiger charge is -2.29. The number of fused-ring (bicyclic) bond motifs is 3. The Hall–Kier alpha value is -3.18. The van der Waals surface area contributed by atoms with Crippen LogP contribution in [0.3, 0.4) is 0 Å². The minimum absolute atomic E-state index is 0.200. The molecular formula is C25H28N2O3. The highest BCUT2D eigenvalue weighted by molar-refractivity contribution is 6.10. The molecule has 5 heteroatoms. The van der Waals surface area contributed by atoms with Crippen molar-refractivity contribution in [2.75, 3.05) is 24.6 Å². The Morgan fingerprint density at radius 1 is 0.900 bits per heavy atom. The van der Waals surface area contributed by atoms with Crippen LogP contribution in [-0.2, 0) is 0 Å². The summed E-state index contributed by atoms with van der Waals surface area (Å²) < 4.78 is 6.07. The van der Waals surface area contributed by atoms with E-state index >= 15 is 0 Å². The number of aliphatic hydroxyl groups is 1. The third-order valence-electron chi connectivity index (χ3n) is 5.15. The lowest BCUT2D eigenvalue weighted by atomic mass is 10.1. The van der Waals surface area contributed by atoms with Gasteiger partial charge in [-0.2, -0.15) is 0 Å². The van der Waals surface area contributed by atoms with E-state index in [4.69, 9.17) is 4.74 Å². The standard InChI is InChI=1S/C25H28N2O3/c1-17(2)14-27(18-10-12-19(28)13-11-18)15-20(29)16-30-24-9-5-8-23-25(24)21-6-3-4-7-22(21)26-23/h3-13,17,20,26,28-29H,14-16H2,1-2H3/t20-/m0/s1. The molecule has 0 saturated carbocycles. The first-order chi connectivity index (χ1) is 14.5. The molecule has 1 atom stereocenters. The first-order valence-electron chi connectivity index (χ1n) is 10.4. The maximum absolute atomic E-state index is 10.7. The van der Waals surface area contributed by atoms with Crippen molar-refractivity contribution in [1.29, 1.82) is 0 Å². The predicted molar refractivity (Wildman–Crippen MR) is 122 cm³/mol. The molecular weight excluding hydrogens is 376 g/mol. The van der Waals surface area contributed by atoms with Gasteiger partial charge in [0, 0.05) is 35.1 Å². The van der Waals surface area contributed by atoms with Gasteiger partial charge in [0.1, 0.15) is 24.2 Å². The Bertz CT molecular complexity index is 1120. The van der Waals surface area contributed by atoms with Crippen LogP contribution in [0, 0.1) is 5.92 Å². The topological polar surface area (TPSA) is 68.7 Å². The van der Waals surface area contributed by atoms with E-state index in [1.807, 2.05) is 42.5 Å². The van der Waals surface area contributed by atoms with Crippen molar-refractivity contribution in [1.82, 2.24) is 4.98 Å². The van der Waals surface area contributed by atoms with Crippen molar-refractivity contribution in [3.05, 3.63) is 66.7 Å². The second-order valence-corrected chi connectivity index (χ2v) is 8.13. The molecule has 1 aromatic heterocycles. The third kappa shape index (κ3) is 4.36. The van der Waals surface area contributed by atoms with E-state index in [2.05, 4.69) is 35.9 Å². The van der Waals surface area contributed by atoms with Crippen molar-refractivity contribution in [2.24, 2.45) is 5.92 Å². The van der Waals surface area contributed by atoms with Gasteiger partial charge in [0.15, 0.2) is 0 Å². The SMILES string of the molecule is CC(C)CN(C[C@H](O)COc1cccc2[nH]c3ccccc3c12)c1ccc(O)cc1. The van der Waals surface area contributed by atoms with Gasteiger partial charge >= 0.3 is 0 Å². The minimum atomic E-state index is -0.655. The number of H-pyrrole nitrogens is 1. The zero-order chi connectivity index (χ0) is 21.1. The van der Waals surface area contributed by atoms with Crippen LogP contribution >= 0.6 is 0 Å². The Kier molecular flexibility index (Phi) is 5.81. The molecule has 0 spiro atoms. The van der Waals surface area contributed by atoms with Crippen molar-refractivity contribution in [2.45, 2.75) is 20.0 Å². The second kappa shape index (κ2) is 8.67. The molecule has 0 aliphatic carbocycles. The van der Waals surface area contributed by atoms with E-state index in [1.165, 1.54) is 0 Å². The molecule has 4 rings (SSSR count). The number of ether oxygens (including phenoxy) is 1. The number of phenolic OH excluding ortho intramolecular Hbond substituents is 1. The zero-order valence-electron chi connectivity index (χ0n) is 17.4. The zero-order valence-corrected chi connectivity index (χ0v) is 17.4. The Morgan fingerprint density at radius 3 is 2.40 bits per heavy atom. The Balaban J connectivity index is 1.49. The molecule has 4 aromatic rings. The number of nitrogens with one attached hydrogen (secondary N) is 1. The fraction of sp³-hybridized carbons (Fsp3) is 0.280. The van der Waals surface area contributed by atoms with E-state index in [1.54, 1.807) is 12.1 Å². The van der Waals surface area contributed by atoms with Crippen LogP contribution in [0.4, 0.5) is 5.69 Å². The summed E-state index contributed by atoms with van der Waals surface area (Å²) in [6.45, 7) is 5.75. The van der Waals surface area contributed by atoms with Gasteiger partial charge in [-0.25, -0.2) is 0 Å². The van der Waals surface area contributed by atoms with Gasteiger partial charge in [0.05, 0.1) is 5.52 Å². The molecule has 3 aromatic carbocycles. The maximum atomic E-state index is 10.7. The highest BCUT2D eigenvalue weighted by Gasteiger charge is 2.16. The van der Waals surface area contributed by atoms with Crippen LogP contribution in [0.5, 0.6) is 11.5 Å². The number of phenols is 1. The molecule has 1 heterocycles. The molecule has 0 aliphatic rings. The van der Waals surface area contributed by atoms with E-state index in [0.717, 1.165) is 39.8 Å². The first-order valence-corrected chi connectivity index (χ1v) is 10.4. The van der Waals surface area contributed by atoms with Crippen LogP contribution in [0.25, 0.3) is 21.8 Å². The third-order valence-corrected chi connectivity index (χ3v) is 5.15. The van der Waals surface area contributed by atoms with Crippen molar-refractivity contribution >= 4 is 27.5 Å². The molecule has 0 bridgehead atoms. The Labute approximate surface area is 176 Å². The molecule has 0 aliphatic heterocycles. The average molecular weight is 405 g/mol. The average Bonchev–Trinajstić information content (AvgIpc) is 3.11. The highest BCUT2D eigenvalue weighted by Crippen LogP contribution is 2.33. The molecule has 0 radical (unpaired) electrons. The van der Waals surface area contributed by atoms with Crippen LogP contribution in [0.15, 0.2) is 66.7 Å². The van der Waals surface area contributed by atoms with Crippen LogP contribution in [0.1, 0.15) is 13.8 Å². The molecule has 156 valence electrons. The van der Waals surface area contributed by atoms with Crippen LogP contribution in [0.2, 0.25) is 0 Å². The van der Waals surface area contributed by atoms with E-state index in [-0.39, 0.29) is 12.4 Å². The van der Waals surface area contributed by atoms with Crippen LogP contribution < -0.4 is 9.64 Å². The summed E-state index contributed by atoms with van der Waals surface area (Å²) in [6.07, 6.45) is -0.655. The number of aromatic nitrogens is 1. The number of aromatic hydroxyl groups is 1. The molecule has 5 nitrogen and oxygen atoms in total. The lowest BCUT2D eigenvalue weighted by molar-refractivity contribution is 0.112. The smallest absolute Gasteiger partial charge is 0.129 e. The van der Waals surface area contributed by atoms with Gasteiger partial charge in [-0.3, -0.25) is 0 Å². The quantitative estimate of drug-likeness (QED) is 0.390. The van der Waals surface area contributed by atoms with E-state index in [0.29, 0.717) is 12.5 Å². The largest absolute Gasteiger partial charge is 0.508 e. The number of para-hydroxylation sites is 1. The summed E-state index contributed by atoms with van der Waals surface area (Å²) in [4.78, 5) is 5.54. The second-order valence-electron chi connectivity index (χ2n) is 8.13. The molecule has 0 unspecified atom stereocenters. The van der Waals surface area contributed by atoms with Gasteiger partial charge in [-0.15, -0.1) is 0 Å². The summed E-state index contributed by atoms with van der Waals surface area (Å²) in [5.74, 6) is 1.44. The van der Waals surface area contributed by atoms with Gasteiger partial charge < -0.3 is 24.8 Å². The summed E-state index contributed by atoms with van der Waals surface area (Å²) >= 11 is 0. The number of anilines is 1. The number of hydrogen-bond acceptors (Lipinski definition) is 4. The summed E-state index contributed by atoms with van der Waals surface area (Å²) in [5.41, 5.74) is 3.06. The number of aliphatic hydroxyl groups excluding tert-OH is 1. The number of nitrogens with zero attached hydrogens (tertiary/aromatic N) is 1. The van der Waals surface area contributed by atoms with Gasteiger partial charge in [0.25, 0.3) is 0 Å². The van der Waals surface area contributed by atoms with Gasteiger partial charge in [-0.1, -0.05) is 38.1 Å². The van der Waals surface area contributed by atoms with Crippen LogP contribution in [-0.4, -0.2) is 41.0 Å². The lowest BCUT2D eigenvalue weighted by Crippen LogP contribution is -2.37. The molecule has 0 saturated heterocycles. The maximum Gasteiger partial charge on any atom is 0.129 e. The van der Waals surface area contributed by atoms with E-state index in [9.17, 15) is 10.2 Å². The predicted octanol–water partition coefficient (Wildman–Crippen LogP) is 4.93. The monoisotopic (exact) mass is 404 g/mol. The number of rotatable bonds is 8. The fourth-order valence-electron chi connectivity index (χ4n) is 3.87. The molecule has 3 N–H and O–H groups in total.